The van der Waals surface area contributed by atoms with Crippen LogP contribution in [0.3, 0.4) is 0 Å². The lowest BCUT2D eigenvalue weighted by Gasteiger charge is -1.85. The van der Waals surface area contributed by atoms with E-state index in [0.29, 0.717) is 0 Å². The van der Waals surface area contributed by atoms with E-state index >= 15 is 0 Å². The third kappa shape index (κ3) is 0.645. The largest absolute Gasteiger partial charge is 0.331 e. The third-order valence-electron chi connectivity index (χ3n) is 1.74. The second kappa shape index (κ2) is 1.70. The molecule has 1 aliphatic heterocycles. The summed E-state index contributed by atoms with van der Waals surface area (Å²) in [5.74, 6) is 0. The highest BCUT2D eigenvalue weighted by Gasteiger charge is 2.19. The molecule has 0 bridgehead atoms. The van der Waals surface area contributed by atoms with E-state index in [4.69, 9.17) is 5.73 Å². The molecular weight excluding hydrogens is 132 g/mol. The molecule has 2 N–H and O–H groups in total. The Morgan fingerprint density at radius 2 is 2.56 bits per heavy atom. The Balaban J connectivity index is 2.56. The van der Waals surface area contributed by atoms with Crippen molar-refractivity contribution < 1.29 is 4.57 Å². The van der Waals surface area contributed by atoms with Crippen LogP contribution >= 0.6 is 11.3 Å². The molecule has 2 heterocycles. The molecule has 1 aromatic heterocycles. The zero-order chi connectivity index (χ0) is 6.27. The van der Waals surface area contributed by atoms with Crippen LogP contribution in [0.2, 0.25) is 0 Å². The van der Waals surface area contributed by atoms with Crippen LogP contribution in [-0.4, -0.2) is 0 Å². The van der Waals surface area contributed by atoms with Gasteiger partial charge in [0.15, 0.2) is 0 Å². The molecule has 9 heavy (non-hydrogen) atoms. The highest BCUT2D eigenvalue weighted by atomic mass is 32.1. The molecule has 0 unspecified atom stereocenters. The van der Waals surface area contributed by atoms with E-state index in [1.54, 1.807) is 11.3 Å². The first-order chi connectivity index (χ1) is 4.38. The van der Waals surface area contributed by atoms with Gasteiger partial charge in [-0.15, -0.1) is 0 Å². The fraction of sp³-hybridized carbons (Fsp3) is 0.500. The predicted molar refractivity (Wildman–Crippen MR) is 37.2 cm³/mol. The van der Waals surface area contributed by atoms with E-state index in [1.807, 2.05) is 0 Å². The fourth-order valence-corrected chi connectivity index (χ4v) is 2.10. The first kappa shape index (κ1) is 5.23. The maximum Gasteiger partial charge on any atom is 0.331 e. The van der Waals surface area contributed by atoms with Gasteiger partial charge in [0.25, 0.3) is 0 Å². The lowest BCUT2D eigenvalue weighted by molar-refractivity contribution is -0.672. The number of anilines is 1. The number of aryl methyl sites for hydroxylation is 1. The van der Waals surface area contributed by atoms with Crippen LogP contribution < -0.4 is 10.3 Å². The van der Waals surface area contributed by atoms with Crippen molar-refractivity contribution in [2.75, 3.05) is 5.73 Å². The Labute approximate surface area is 57.9 Å². The molecule has 0 atom stereocenters. The van der Waals surface area contributed by atoms with Crippen molar-refractivity contribution >= 4 is 16.5 Å². The number of aromatic nitrogens is 1. The molecule has 0 amide bonds. The molecule has 0 aromatic carbocycles. The van der Waals surface area contributed by atoms with Crippen molar-refractivity contribution in [3.8, 4) is 0 Å². The molecular formula is C6H9N2S+. The lowest BCUT2D eigenvalue weighted by atomic mass is 10.3. The Morgan fingerprint density at radius 1 is 1.67 bits per heavy atom. The Morgan fingerprint density at radius 3 is 3.33 bits per heavy atom. The summed E-state index contributed by atoms with van der Waals surface area (Å²) in [5.41, 5.74) is 7.09. The minimum Gasteiger partial charge on any atom is -0.278 e. The van der Waals surface area contributed by atoms with E-state index in [1.165, 1.54) is 18.5 Å². The van der Waals surface area contributed by atoms with Gasteiger partial charge in [0, 0.05) is 11.8 Å². The normalized spacial score (nSPS) is 16.0. The van der Waals surface area contributed by atoms with Crippen molar-refractivity contribution in [1.82, 2.24) is 0 Å². The third-order valence-corrected chi connectivity index (χ3v) is 2.59. The Bertz CT molecular complexity index is 229. The number of nitrogens with two attached hydrogens (primary N) is 1. The Kier molecular flexibility index (Phi) is 0.990. The van der Waals surface area contributed by atoms with E-state index in [9.17, 15) is 0 Å². The smallest absolute Gasteiger partial charge is 0.278 e. The van der Waals surface area contributed by atoms with Gasteiger partial charge >= 0.3 is 5.13 Å². The van der Waals surface area contributed by atoms with Crippen molar-refractivity contribution in [2.45, 2.75) is 19.4 Å². The second-order valence-electron chi connectivity index (χ2n) is 2.32. The topological polar surface area (TPSA) is 29.9 Å². The number of nitrogens with zero attached hydrogens (tertiary/aromatic N) is 1. The van der Waals surface area contributed by atoms with Crippen molar-refractivity contribution in [3.05, 3.63) is 11.1 Å². The van der Waals surface area contributed by atoms with Crippen LogP contribution in [0.25, 0.3) is 0 Å². The van der Waals surface area contributed by atoms with Crippen molar-refractivity contribution in [3.63, 3.8) is 0 Å². The molecule has 48 valence electrons. The van der Waals surface area contributed by atoms with Gasteiger partial charge in [-0.25, -0.2) is 4.57 Å². The van der Waals surface area contributed by atoms with Crippen LogP contribution in [0.5, 0.6) is 0 Å². The summed E-state index contributed by atoms with van der Waals surface area (Å²) < 4.78 is 2.20. The number of hydrogen-bond acceptors (Lipinski definition) is 2. The first-order valence-corrected chi connectivity index (χ1v) is 4.01. The van der Waals surface area contributed by atoms with Gasteiger partial charge < -0.3 is 0 Å². The summed E-state index contributed by atoms with van der Waals surface area (Å²) >= 11 is 1.65. The highest BCUT2D eigenvalue weighted by molar-refractivity contribution is 7.13. The summed E-state index contributed by atoms with van der Waals surface area (Å²) in [4.78, 5) is 0. The summed E-state index contributed by atoms with van der Waals surface area (Å²) in [5, 5.41) is 3.12. The molecule has 3 heteroatoms. The molecule has 0 spiro atoms. The SMILES string of the molecule is Nc1scc2[n+]1CCC2. The van der Waals surface area contributed by atoms with Crippen LogP contribution in [0.15, 0.2) is 5.38 Å². The van der Waals surface area contributed by atoms with Crippen LogP contribution in [-0.2, 0) is 13.0 Å². The zero-order valence-electron chi connectivity index (χ0n) is 5.13. The lowest BCUT2D eigenvalue weighted by Crippen LogP contribution is -2.33. The molecule has 0 radical (unpaired) electrons. The molecule has 0 aliphatic carbocycles. The number of thiazole rings is 1. The maximum atomic E-state index is 5.67. The van der Waals surface area contributed by atoms with Gasteiger partial charge in [-0.2, -0.15) is 0 Å². The maximum absolute atomic E-state index is 5.67. The quantitative estimate of drug-likeness (QED) is 0.526. The first-order valence-electron chi connectivity index (χ1n) is 3.13. The minimum atomic E-state index is 0.961. The van der Waals surface area contributed by atoms with Gasteiger partial charge in [-0.3, -0.25) is 5.73 Å². The number of fused-ring (bicyclic) bond motifs is 1. The summed E-state index contributed by atoms with van der Waals surface area (Å²) in [6.45, 7) is 1.13. The molecule has 0 saturated carbocycles. The van der Waals surface area contributed by atoms with Gasteiger partial charge in [-0.1, -0.05) is 11.3 Å². The average molecular weight is 141 g/mol. The van der Waals surface area contributed by atoms with Gasteiger partial charge in [-0.05, 0) is 6.42 Å². The van der Waals surface area contributed by atoms with Crippen LogP contribution in [0, 0.1) is 0 Å². The van der Waals surface area contributed by atoms with Gasteiger partial charge in [0.1, 0.15) is 5.69 Å². The van der Waals surface area contributed by atoms with Gasteiger partial charge in [0.05, 0.1) is 6.54 Å². The molecule has 1 aromatic rings. The van der Waals surface area contributed by atoms with Gasteiger partial charge in [0.2, 0.25) is 0 Å². The van der Waals surface area contributed by atoms with E-state index < -0.39 is 0 Å². The monoisotopic (exact) mass is 141 g/mol. The fourth-order valence-electron chi connectivity index (χ4n) is 1.26. The van der Waals surface area contributed by atoms with E-state index in [0.717, 1.165) is 11.7 Å². The van der Waals surface area contributed by atoms with Crippen molar-refractivity contribution in [2.24, 2.45) is 0 Å². The molecule has 2 rings (SSSR count). The second-order valence-corrected chi connectivity index (χ2v) is 3.21. The number of nitrogen functional groups attached to an aromatic ring is 1. The zero-order valence-corrected chi connectivity index (χ0v) is 5.95. The molecule has 2 nitrogen and oxygen atoms in total. The van der Waals surface area contributed by atoms with E-state index in [-0.39, 0.29) is 0 Å². The Hall–Kier alpha value is -0.570. The molecule has 0 saturated heterocycles. The number of hydrogen-bond donors (Lipinski definition) is 1. The predicted octanol–water partition coefficient (Wildman–Crippen LogP) is 0.564. The van der Waals surface area contributed by atoms with Crippen LogP contribution in [0.1, 0.15) is 12.1 Å². The molecule has 1 aliphatic rings. The summed E-state index contributed by atoms with van der Waals surface area (Å²) in [6, 6.07) is 0. The number of rotatable bonds is 0. The summed E-state index contributed by atoms with van der Waals surface area (Å²) in [7, 11) is 0. The van der Waals surface area contributed by atoms with Crippen molar-refractivity contribution in [1.29, 1.82) is 0 Å². The standard InChI is InChI=1S/C6H8N2S/c7-6-8-3-1-2-5(8)4-9-6/h4,7H,1-3H2/p+1. The van der Waals surface area contributed by atoms with Crippen LogP contribution in [0.4, 0.5) is 5.13 Å². The highest BCUT2D eigenvalue weighted by Crippen LogP contribution is 2.15. The average Bonchev–Trinajstić information content (AvgIpc) is 2.35. The van der Waals surface area contributed by atoms with E-state index in [2.05, 4.69) is 9.95 Å². The molecule has 0 fully saturated rings. The minimum absolute atomic E-state index is 0.961. The summed E-state index contributed by atoms with van der Waals surface area (Å²) in [6.07, 6.45) is 2.49.